The molecule has 1 aliphatic carbocycles. The smallest absolute Gasteiger partial charge is 0.403 e. The summed E-state index contributed by atoms with van der Waals surface area (Å²) in [7, 11) is -0.114. The lowest BCUT2D eigenvalue weighted by Gasteiger charge is -2.33. The highest BCUT2D eigenvalue weighted by Crippen LogP contribution is 2.43. The summed E-state index contributed by atoms with van der Waals surface area (Å²) < 4.78 is 14.7. The molecule has 0 radical (unpaired) electrons. The van der Waals surface area contributed by atoms with E-state index in [1.54, 1.807) is 6.33 Å². The van der Waals surface area contributed by atoms with Crippen LogP contribution in [-0.2, 0) is 9.31 Å². The lowest BCUT2D eigenvalue weighted by Crippen LogP contribution is -2.41. The van der Waals surface area contributed by atoms with E-state index in [0.29, 0.717) is 11.9 Å². The first-order valence-corrected chi connectivity index (χ1v) is 10.1. The third kappa shape index (κ3) is 2.84. The number of nitrogens with zero attached hydrogens (tertiary/aromatic N) is 5. The van der Waals surface area contributed by atoms with Crippen LogP contribution in [0.3, 0.4) is 0 Å². The Bertz CT molecular complexity index is 839. The van der Waals surface area contributed by atoms with E-state index in [4.69, 9.17) is 9.31 Å². The van der Waals surface area contributed by atoms with Gasteiger partial charge in [0.05, 0.1) is 17.5 Å². The number of piperidine rings is 1. The van der Waals surface area contributed by atoms with E-state index < -0.39 is 0 Å². The maximum atomic E-state index is 6.27. The Morgan fingerprint density at radius 1 is 0.963 bits per heavy atom. The van der Waals surface area contributed by atoms with Gasteiger partial charge in [-0.25, -0.2) is 15.0 Å². The van der Waals surface area contributed by atoms with Crippen LogP contribution in [0.15, 0.2) is 12.7 Å². The molecule has 7 nitrogen and oxygen atoms in total. The van der Waals surface area contributed by atoms with Crippen LogP contribution in [0.4, 0.5) is 5.82 Å². The highest BCUT2D eigenvalue weighted by atomic mass is 16.7. The fourth-order valence-electron chi connectivity index (χ4n) is 4.16. The van der Waals surface area contributed by atoms with Crippen molar-refractivity contribution < 1.29 is 9.31 Å². The van der Waals surface area contributed by atoms with Gasteiger partial charge in [-0.1, -0.05) is 0 Å². The first-order chi connectivity index (χ1) is 12.9. The van der Waals surface area contributed by atoms with E-state index in [9.17, 15) is 0 Å². The molecule has 8 heteroatoms. The topological polar surface area (TPSA) is 65.3 Å². The molecule has 5 rings (SSSR count). The quantitative estimate of drug-likeness (QED) is 0.774. The van der Waals surface area contributed by atoms with Gasteiger partial charge in [-0.15, -0.1) is 0 Å². The minimum absolute atomic E-state index is 0.114. The van der Waals surface area contributed by atoms with Crippen LogP contribution in [0.2, 0.25) is 5.82 Å². The fraction of sp³-hybridized carbons (Fsp3) is 0.737. The molecule has 0 spiro atoms. The molecule has 0 amide bonds. The number of aromatic nitrogens is 4. The number of imidazole rings is 1. The molecule has 2 aliphatic heterocycles. The average Bonchev–Trinajstić information content (AvgIpc) is 3.34. The zero-order valence-corrected chi connectivity index (χ0v) is 16.7. The highest BCUT2D eigenvalue weighted by molar-refractivity contribution is 6.47. The van der Waals surface area contributed by atoms with Crippen molar-refractivity contribution in [2.75, 3.05) is 18.0 Å². The Hall–Kier alpha value is -1.67. The molecule has 2 aromatic rings. The Labute approximate surface area is 160 Å². The summed E-state index contributed by atoms with van der Waals surface area (Å²) in [4.78, 5) is 16.0. The Morgan fingerprint density at radius 3 is 2.26 bits per heavy atom. The molecule has 4 heterocycles. The van der Waals surface area contributed by atoms with Crippen LogP contribution in [0.5, 0.6) is 0 Å². The van der Waals surface area contributed by atoms with Crippen molar-refractivity contribution in [3.8, 4) is 0 Å². The normalized spacial score (nSPS) is 25.5. The number of anilines is 1. The second-order valence-corrected chi connectivity index (χ2v) is 9.20. The molecule has 0 aromatic carbocycles. The SMILES string of the molecule is CC1(C)OB(C2CCN(c3ncnc4c3ncn4C3CC3)CC2)OC1(C)C. The van der Waals surface area contributed by atoms with Gasteiger partial charge >= 0.3 is 7.12 Å². The van der Waals surface area contributed by atoms with Gasteiger partial charge in [-0.05, 0) is 59.2 Å². The lowest BCUT2D eigenvalue weighted by molar-refractivity contribution is 0.00578. The predicted octanol–water partition coefficient (Wildman–Crippen LogP) is 3.22. The maximum Gasteiger partial charge on any atom is 0.461 e. The molecule has 144 valence electrons. The van der Waals surface area contributed by atoms with Crippen molar-refractivity contribution in [3.63, 3.8) is 0 Å². The Balaban J connectivity index is 1.31. The van der Waals surface area contributed by atoms with Crippen LogP contribution >= 0.6 is 0 Å². The van der Waals surface area contributed by atoms with Gasteiger partial charge in [0.1, 0.15) is 6.33 Å². The van der Waals surface area contributed by atoms with Crippen molar-refractivity contribution in [3.05, 3.63) is 12.7 Å². The predicted molar refractivity (Wildman–Crippen MR) is 105 cm³/mol. The summed E-state index contributed by atoms with van der Waals surface area (Å²) in [5.41, 5.74) is 1.38. The van der Waals surface area contributed by atoms with Crippen molar-refractivity contribution in [1.29, 1.82) is 0 Å². The largest absolute Gasteiger partial charge is 0.461 e. The summed E-state index contributed by atoms with van der Waals surface area (Å²) in [5.74, 6) is 1.38. The maximum absolute atomic E-state index is 6.27. The van der Waals surface area contributed by atoms with E-state index in [0.717, 1.165) is 42.9 Å². The first kappa shape index (κ1) is 17.4. The van der Waals surface area contributed by atoms with Gasteiger partial charge in [0.25, 0.3) is 0 Å². The molecule has 2 aromatic heterocycles. The summed E-state index contributed by atoms with van der Waals surface area (Å²) in [6, 6.07) is 0.576. The zero-order chi connectivity index (χ0) is 18.8. The summed E-state index contributed by atoms with van der Waals surface area (Å²) in [5, 5.41) is 0. The second-order valence-electron chi connectivity index (χ2n) is 9.20. The molecule has 3 fully saturated rings. The fourth-order valence-corrected chi connectivity index (χ4v) is 4.16. The van der Waals surface area contributed by atoms with Gasteiger partial charge in [0.2, 0.25) is 0 Å². The van der Waals surface area contributed by atoms with Crippen LogP contribution < -0.4 is 4.90 Å². The van der Waals surface area contributed by atoms with E-state index in [1.165, 1.54) is 12.8 Å². The van der Waals surface area contributed by atoms with Crippen LogP contribution in [0, 0.1) is 0 Å². The molecule has 0 atom stereocenters. The molecule has 3 aliphatic rings. The first-order valence-electron chi connectivity index (χ1n) is 10.1. The monoisotopic (exact) mass is 369 g/mol. The molecule has 0 unspecified atom stereocenters. The number of hydrogen-bond donors (Lipinski definition) is 0. The van der Waals surface area contributed by atoms with Gasteiger partial charge in [-0.3, -0.25) is 0 Å². The van der Waals surface area contributed by atoms with E-state index in [-0.39, 0.29) is 18.3 Å². The van der Waals surface area contributed by atoms with E-state index >= 15 is 0 Å². The lowest BCUT2D eigenvalue weighted by atomic mass is 9.67. The highest BCUT2D eigenvalue weighted by Gasteiger charge is 2.53. The van der Waals surface area contributed by atoms with Crippen LogP contribution in [0.1, 0.15) is 59.4 Å². The molecule has 2 saturated heterocycles. The third-order valence-corrected chi connectivity index (χ3v) is 6.78. The van der Waals surface area contributed by atoms with Crippen molar-refractivity contribution >= 4 is 24.1 Å². The number of hydrogen-bond acceptors (Lipinski definition) is 6. The van der Waals surface area contributed by atoms with Gasteiger partial charge in [0, 0.05) is 19.1 Å². The minimum Gasteiger partial charge on any atom is -0.403 e. The summed E-state index contributed by atoms with van der Waals surface area (Å²) in [6.07, 6.45) is 8.13. The standard InChI is InChI=1S/C19H28BN5O2/c1-18(2)19(3,4)27-20(26-18)13-7-9-24(10-8-13)16-15-17(22-11-21-16)25(12-23-15)14-5-6-14/h11-14H,5-10H2,1-4H3. The summed E-state index contributed by atoms with van der Waals surface area (Å²) in [6.45, 7) is 10.4. The van der Waals surface area contributed by atoms with Crippen molar-refractivity contribution in [2.24, 2.45) is 0 Å². The molecule has 27 heavy (non-hydrogen) atoms. The van der Waals surface area contributed by atoms with Crippen LogP contribution in [-0.4, -0.2) is 50.9 Å². The number of rotatable bonds is 3. The van der Waals surface area contributed by atoms with Crippen molar-refractivity contribution in [1.82, 2.24) is 19.5 Å². The number of fused-ring (bicyclic) bond motifs is 1. The minimum atomic E-state index is -0.261. The van der Waals surface area contributed by atoms with E-state index in [1.807, 2.05) is 6.33 Å². The van der Waals surface area contributed by atoms with Gasteiger partial charge < -0.3 is 18.8 Å². The molecule has 1 saturated carbocycles. The molecule has 0 bridgehead atoms. The second kappa shape index (κ2) is 5.91. The zero-order valence-electron chi connectivity index (χ0n) is 16.7. The molecule has 0 N–H and O–H groups in total. The Morgan fingerprint density at radius 2 is 1.63 bits per heavy atom. The third-order valence-electron chi connectivity index (χ3n) is 6.78. The van der Waals surface area contributed by atoms with Gasteiger partial charge in [-0.2, -0.15) is 0 Å². The molecular formula is C19H28BN5O2. The Kier molecular flexibility index (Phi) is 3.82. The molecular weight excluding hydrogens is 341 g/mol. The van der Waals surface area contributed by atoms with Gasteiger partial charge in [0.15, 0.2) is 17.0 Å². The average molecular weight is 369 g/mol. The van der Waals surface area contributed by atoms with E-state index in [2.05, 4.69) is 52.1 Å². The van der Waals surface area contributed by atoms with Crippen LogP contribution in [0.25, 0.3) is 11.2 Å². The summed E-state index contributed by atoms with van der Waals surface area (Å²) >= 11 is 0. The van der Waals surface area contributed by atoms with Crippen molar-refractivity contribution in [2.45, 2.75) is 76.4 Å².